The molecule has 4 rings (SSSR count). The third-order valence-corrected chi connectivity index (χ3v) is 6.17. The normalized spacial score (nSPS) is 17.5. The van der Waals surface area contributed by atoms with E-state index >= 15 is 0 Å². The number of carbonyl (C=O) groups is 1. The molecule has 1 amide bonds. The second-order valence-electron chi connectivity index (χ2n) is 9.50. The molecule has 3 nitrogen and oxygen atoms in total. The lowest BCUT2D eigenvalue weighted by molar-refractivity contribution is 0.0790. The van der Waals surface area contributed by atoms with Crippen LogP contribution in [-0.4, -0.2) is 28.9 Å². The highest BCUT2D eigenvalue weighted by atomic mass is 19.1. The molecular formula is C27H29FN2O. The van der Waals surface area contributed by atoms with Crippen molar-refractivity contribution in [3.05, 3.63) is 101 Å². The van der Waals surface area contributed by atoms with E-state index in [0.29, 0.717) is 11.5 Å². The van der Waals surface area contributed by atoms with Crippen molar-refractivity contribution in [2.45, 2.75) is 39.0 Å². The Morgan fingerprint density at radius 1 is 1.06 bits per heavy atom. The van der Waals surface area contributed by atoms with Crippen molar-refractivity contribution >= 4 is 5.91 Å². The van der Waals surface area contributed by atoms with E-state index < -0.39 is 0 Å². The molecule has 1 aliphatic heterocycles. The zero-order chi connectivity index (χ0) is 22.0. The van der Waals surface area contributed by atoms with Crippen molar-refractivity contribution in [3.63, 3.8) is 0 Å². The van der Waals surface area contributed by atoms with Gasteiger partial charge in [0.05, 0.1) is 0 Å². The zero-order valence-electron chi connectivity index (χ0n) is 18.4. The number of pyridine rings is 1. The van der Waals surface area contributed by atoms with Crippen LogP contribution in [0.25, 0.3) is 0 Å². The van der Waals surface area contributed by atoms with Gasteiger partial charge in [-0.2, -0.15) is 0 Å². The number of rotatable bonds is 4. The first-order chi connectivity index (χ1) is 14.8. The Kier molecular flexibility index (Phi) is 5.90. The van der Waals surface area contributed by atoms with Gasteiger partial charge in [0.25, 0.3) is 5.91 Å². The molecule has 3 aromatic rings. The second kappa shape index (κ2) is 8.62. The summed E-state index contributed by atoms with van der Waals surface area (Å²) >= 11 is 0. The Morgan fingerprint density at radius 3 is 2.48 bits per heavy atom. The fourth-order valence-electron chi connectivity index (χ4n) is 4.71. The van der Waals surface area contributed by atoms with Gasteiger partial charge >= 0.3 is 0 Å². The van der Waals surface area contributed by atoms with E-state index in [1.807, 2.05) is 47.5 Å². The summed E-state index contributed by atoms with van der Waals surface area (Å²) in [5, 5.41) is 0. The minimum atomic E-state index is -0.226. The highest BCUT2D eigenvalue weighted by molar-refractivity contribution is 5.94. The van der Waals surface area contributed by atoms with Gasteiger partial charge in [-0.25, -0.2) is 4.39 Å². The van der Waals surface area contributed by atoms with E-state index in [1.54, 1.807) is 18.3 Å². The predicted octanol–water partition coefficient (Wildman–Crippen LogP) is 6.03. The average molecular weight is 417 g/mol. The predicted molar refractivity (Wildman–Crippen MR) is 122 cm³/mol. The van der Waals surface area contributed by atoms with Gasteiger partial charge in [0, 0.05) is 42.9 Å². The molecule has 0 bridgehead atoms. The zero-order valence-corrected chi connectivity index (χ0v) is 18.4. The molecule has 0 saturated carbocycles. The number of benzene rings is 2. The Morgan fingerprint density at radius 2 is 1.84 bits per heavy atom. The molecule has 160 valence electrons. The molecule has 2 aromatic carbocycles. The summed E-state index contributed by atoms with van der Waals surface area (Å²) < 4.78 is 13.9. The van der Waals surface area contributed by atoms with E-state index in [0.717, 1.165) is 30.6 Å². The van der Waals surface area contributed by atoms with Gasteiger partial charge in [0.2, 0.25) is 0 Å². The molecule has 1 fully saturated rings. The van der Waals surface area contributed by atoms with Crippen molar-refractivity contribution in [3.8, 4) is 0 Å². The first-order valence-electron chi connectivity index (χ1n) is 10.9. The number of amides is 1. The third kappa shape index (κ3) is 4.68. The van der Waals surface area contributed by atoms with Crippen molar-refractivity contribution < 1.29 is 9.18 Å². The maximum Gasteiger partial charge on any atom is 0.253 e. The van der Waals surface area contributed by atoms with Crippen molar-refractivity contribution in [2.24, 2.45) is 5.41 Å². The van der Waals surface area contributed by atoms with Gasteiger partial charge in [0.1, 0.15) is 5.82 Å². The van der Waals surface area contributed by atoms with Crippen LogP contribution >= 0.6 is 0 Å². The molecule has 0 spiro atoms. The number of halogens is 1. The van der Waals surface area contributed by atoms with Crippen LogP contribution in [0.5, 0.6) is 0 Å². The summed E-state index contributed by atoms with van der Waals surface area (Å²) in [7, 11) is 0. The first-order valence-corrected chi connectivity index (χ1v) is 10.9. The lowest BCUT2D eigenvalue weighted by Gasteiger charge is -2.32. The van der Waals surface area contributed by atoms with E-state index in [1.165, 1.54) is 11.6 Å². The Labute approximate surface area is 183 Å². The molecule has 31 heavy (non-hydrogen) atoms. The maximum absolute atomic E-state index is 13.9. The molecule has 0 aliphatic carbocycles. The summed E-state index contributed by atoms with van der Waals surface area (Å²) in [6, 6.07) is 18.7. The topological polar surface area (TPSA) is 33.2 Å². The highest BCUT2D eigenvalue weighted by Crippen LogP contribution is 2.40. The fraction of sp³-hybridized carbons (Fsp3) is 0.333. The average Bonchev–Trinajstić information content (AvgIpc) is 3.24. The molecule has 0 N–H and O–H groups in total. The number of hydrogen-bond acceptors (Lipinski definition) is 2. The molecule has 1 aliphatic rings. The van der Waals surface area contributed by atoms with E-state index in [-0.39, 0.29) is 23.1 Å². The molecule has 4 heteroatoms. The minimum absolute atomic E-state index is 0.0362. The number of likely N-dealkylation sites (tertiary alicyclic amines) is 1. The Bertz CT molecular complexity index is 1040. The summed E-state index contributed by atoms with van der Waals surface area (Å²) in [4.78, 5) is 19.2. The van der Waals surface area contributed by atoms with Crippen LogP contribution in [0.4, 0.5) is 4.39 Å². The number of hydrogen-bond donors (Lipinski definition) is 0. The summed E-state index contributed by atoms with van der Waals surface area (Å²) in [6.07, 6.45) is 4.63. The van der Waals surface area contributed by atoms with Crippen molar-refractivity contribution in [1.29, 1.82) is 0 Å². The summed E-state index contributed by atoms with van der Waals surface area (Å²) in [5.74, 6) is 0.219. The largest absolute Gasteiger partial charge is 0.338 e. The van der Waals surface area contributed by atoms with Gasteiger partial charge in [-0.1, -0.05) is 51.1 Å². The first kappa shape index (κ1) is 21.2. The quantitative estimate of drug-likeness (QED) is 0.520. The van der Waals surface area contributed by atoms with E-state index in [2.05, 4.69) is 31.8 Å². The standard InChI is InChI=1S/C27H29FN2O/c1-27(2,3)25(21-6-4-8-24(28)16-21)19-9-11-20(12-10-19)26(31)30-15-13-23(18-30)22-7-5-14-29-17-22/h4-12,14,16-17,23,25H,13,15,18H2,1-3H3. The number of nitrogens with zero attached hydrogens (tertiary/aromatic N) is 2. The monoisotopic (exact) mass is 416 g/mol. The Balaban J connectivity index is 1.52. The van der Waals surface area contributed by atoms with Crippen LogP contribution in [0.2, 0.25) is 0 Å². The van der Waals surface area contributed by atoms with Crippen LogP contribution < -0.4 is 0 Å². The Hall–Kier alpha value is -3.01. The van der Waals surface area contributed by atoms with Gasteiger partial charge < -0.3 is 4.90 Å². The second-order valence-corrected chi connectivity index (χ2v) is 9.50. The molecule has 2 heterocycles. The van der Waals surface area contributed by atoms with Gasteiger partial charge in [-0.3, -0.25) is 9.78 Å². The van der Waals surface area contributed by atoms with Crippen LogP contribution in [-0.2, 0) is 0 Å². The number of carbonyl (C=O) groups excluding carboxylic acids is 1. The lowest BCUT2D eigenvalue weighted by atomic mass is 9.72. The van der Waals surface area contributed by atoms with Crippen LogP contribution in [0.15, 0.2) is 73.1 Å². The maximum atomic E-state index is 13.9. The minimum Gasteiger partial charge on any atom is -0.338 e. The lowest BCUT2D eigenvalue weighted by Crippen LogP contribution is -2.28. The molecule has 1 aromatic heterocycles. The highest BCUT2D eigenvalue weighted by Gasteiger charge is 2.30. The van der Waals surface area contributed by atoms with Crippen molar-refractivity contribution in [2.75, 3.05) is 13.1 Å². The number of aromatic nitrogens is 1. The molecule has 1 saturated heterocycles. The van der Waals surface area contributed by atoms with E-state index in [9.17, 15) is 9.18 Å². The van der Waals surface area contributed by atoms with Crippen LogP contribution in [0, 0.1) is 11.2 Å². The van der Waals surface area contributed by atoms with Gasteiger partial charge in [-0.15, -0.1) is 0 Å². The molecule has 2 unspecified atom stereocenters. The summed E-state index contributed by atoms with van der Waals surface area (Å²) in [5.41, 5.74) is 3.83. The van der Waals surface area contributed by atoms with Crippen LogP contribution in [0.3, 0.4) is 0 Å². The van der Waals surface area contributed by atoms with E-state index in [4.69, 9.17) is 0 Å². The van der Waals surface area contributed by atoms with Gasteiger partial charge in [0.15, 0.2) is 0 Å². The fourth-order valence-corrected chi connectivity index (χ4v) is 4.71. The molecule has 0 radical (unpaired) electrons. The van der Waals surface area contributed by atoms with Gasteiger partial charge in [-0.05, 0) is 58.9 Å². The summed E-state index contributed by atoms with van der Waals surface area (Å²) in [6.45, 7) is 7.95. The van der Waals surface area contributed by atoms with Crippen LogP contribution in [0.1, 0.15) is 66.1 Å². The molecular weight excluding hydrogens is 387 g/mol. The third-order valence-electron chi connectivity index (χ3n) is 6.17. The molecule has 2 atom stereocenters. The smallest absolute Gasteiger partial charge is 0.253 e. The van der Waals surface area contributed by atoms with Crippen molar-refractivity contribution in [1.82, 2.24) is 9.88 Å². The SMILES string of the molecule is CC(C)(C)C(c1ccc(C(=O)N2CCC(c3cccnc3)C2)cc1)c1cccc(F)c1.